The summed E-state index contributed by atoms with van der Waals surface area (Å²) >= 11 is 5.74. The van der Waals surface area contributed by atoms with E-state index in [0.717, 1.165) is 0 Å². The highest BCUT2D eigenvalue weighted by Gasteiger charge is 2.14. The highest BCUT2D eigenvalue weighted by atomic mass is 35.5. The van der Waals surface area contributed by atoms with Gasteiger partial charge in [0.05, 0.1) is 11.3 Å². The Morgan fingerprint density at radius 2 is 2.24 bits per heavy atom. The number of rotatable bonds is 4. The third-order valence-electron chi connectivity index (χ3n) is 2.84. The predicted molar refractivity (Wildman–Crippen MR) is 75.0 cm³/mol. The van der Waals surface area contributed by atoms with Crippen molar-refractivity contribution < 1.29 is 8.91 Å². The van der Waals surface area contributed by atoms with Gasteiger partial charge in [0.1, 0.15) is 11.5 Å². The first-order chi connectivity index (χ1) is 10.2. The fraction of sp³-hybridized carbons (Fsp3) is 0.154. The predicted octanol–water partition coefficient (Wildman–Crippen LogP) is 2.35. The number of nitrogens with two attached hydrogens (primary N) is 1. The van der Waals surface area contributed by atoms with Gasteiger partial charge in [-0.15, -0.1) is 0 Å². The molecule has 3 rings (SSSR count). The summed E-state index contributed by atoms with van der Waals surface area (Å²) in [5, 5.41) is 3.85. The second kappa shape index (κ2) is 5.63. The van der Waals surface area contributed by atoms with Gasteiger partial charge < -0.3 is 14.8 Å². The van der Waals surface area contributed by atoms with Crippen LogP contribution in [0.4, 0.5) is 4.39 Å². The number of aromatic nitrogens is 4. The van der Waals surface area contributed by atoms with Gasteiger partial charge in [-0.25, -0.2) is 9.37 Å². The molecule has 0 aliphatic heterocycles. The van der Waals surface area contributed by atoms with E-state index in [0.29, 0.717) is 30.2 Å². The molecular formula is C13H11ClFN5O. The summed E-state index contributed by atoms with van der Waals surface area (Å²) in [7, 11) is 0. The van der Waals surface area contributed by atoms with E-state index in [4.69, 9.17) is 21.9 Å². The van der Waals surface area contributed by atoms with Gasteiger partial charge in [-0.05, 0) is 18.2 Å². The maximum absolute atomic E-state index is 13.1. The standard InChI is InChI=1S/C13H11ClFN5O/c14-9-5-8(1-2-10(9)15)12-18-13(21-19-12)11-6-20(4-3-16)7-17-11/h1-2,5-7H,3-4,16H2. The Morgan fingerprint density at radius 1 is 1.38 bits per heavy atom. The Kier molecular flexibility index (Phi) is 3.68. The third-order valence-corrected chi connectivity index (χ3v) is 3.13. The molecule has 2 aromatic heterocycles. The average Bonchev–Trinajstić information content (AvgIpc) is 3.11. The summed E-state index contributed by atoms with van der Waals surface area (Å²) in [4.78, 5) is 8.40. The number of benzene rings is 1. The van der Waals surface area contributed by atoms with Gasteiger partial charge in [0.15, 0.2) is 0 Å². The molecule has 0 atom stereocenters. The molecule has 0 amide bonds. The quantitative estimate of drug-likeness (QED) is 0.800. The number of hydrogen-bond acceptors (Lipinski definition) is 5. The van der Waals surface area contributed by atoms with Gasteiger partial charge in [0.25, 0.3) is 5.89 Å². The summed E-state index contributed by atoms with van der Waals surface area (Å²) in [5.74, 6) is 0.103. The Hall–Kier alpha value is -2.25. The molecule has 8 heteroatoms. The van der Waals surface area contributed by atoms with Gasteiger partial charge >= 0.3 is 0 Å². The highest BCUT2D eigenvalue weighted by molar-refractivity contribution is 6.31. The molecule has 0 saturated carbocycles. The molecule has 2 N–H and O–H groups in total. The zero-order chi connectivity index (χ0) is 14.8. The lowest BCUT2D eigenvalue weighted by atomic mass is 10.2. The number of halogens is 2. The molecule has 0 radical (unpaired) electrons. The Labute approximate surface area is 124 Å². The number of nitrogens with zero attached hydrogens (tertiary/aromatic N) is 4. The largest absolute Gasteiger partial charge is 0.335 e. The molecule has 0 aliphatic carbocycles. The third kappa shape index (κ3) is 2.79. The van der Waals surface area contributed by atoms with E-state index in [2.05, 4.69) is 15.1 Å². The Morgan fingerprint density at radius 3 is 3.00 bits per heavy atom. The van der Waals surface area contributed by atoms with Crippen LogP contribution in [0.1, 0.15) is 0 Å². The van der Waals surface area contributed by atoms with Crippen molar-refractivity contribution in [1.82, 2.24) is 19.7 Å². The fourth-order valence-electron chi connectivity index (χ4n) is 1.82. The minimum atomic E-state index is -0.496. The van der Waals surface area contributed by atoms with Crippen molar-refractivity contribution in [2.24, 2.45) is 5.73 Å². The zero-order valence-corrected chi connectivity index (χ0v) is 11.6. The second-order valence-corrected chi connectivity index (χ2v) is 4.74. The van der Waals surface area contributed by atoms with E-state index in [1.54, 1.807) is 12.5 Å². The fourth-order valence-corrected chi connectivity index (χ4v) is 2.00. The molecule has 1 aromatic carbocycles. The molecule has 0 unspecified atom stereocenters. The van der Waals surface area contributed by atoms with E-state index in [1.807, 2.05) is 4.57 Å². The molecule has 0 spiro atoms. The van der Waals surface area contributed by atoms with Gasteiger partial charge in [-0.1, -0.05) is 16.8 Å². The van der Waals surface area contributed by atoms with Crippen molar-refractivity contribution >= 4 is 11.6 Å². The average molecular weight is 308 g/mol. The summed E-state index contributed by atoms with van der Waals surface area (Å²) in [6, 6.07) is 4.23. The van der Waals surface area contributed by atoms with Crippen LogP contribution < -0.4 is 5.73 Å². The molecule has 21 heavy (non-hydrogen) atoms. The van der Waals surface area contributed by atoms with Crippen molar-refractivity contribution in [3.63, 3.8) is 0 Å². The maximum Gasteiger partial charge on any atom is 0.278 e. The van der Waals surface area contributed by atoms with Gasteiger partial charge in [-0.2, -0.15) is 4.98 Å². The first-order valence-corrected chi connectivity index (χ1v) is 6.56. The Bertz CT molecular complexity index is 770. The van der Waals surface area contributed by atoms with Crippen molar-refractivity contribution in [2.75, 3.05) is 6.54 Å². The minimum Gasteiger partial charge on any atom is -0.335 e. The van der Waals surface area contributed by atoms with E-state index in [9.17, 15) is 4.39 Å². The van der Waals surface area contributed by atoms with E-state index in [1.165, 1.54) is 18.2 Å². The Balaban J connectivity index is 1.89. The van der Waals surface area contributed by atoms with Crippen LogP contribution in [0.2, 0.25) is 5.02 Å². The SMILES string of the molecule is NCCn1cnc(-c2nc(-c3ccc(F)c(Cl)c3)no2)c1. The molecular weight excluding hydrogens is 297 g/mol. The van der Waals surface area contributed by atoms with Crippen LogP contribution >= 0.6 is 11.6 Å². The van der Waals surface area contributed by atoms with Crippen LogP contribution in [-0.2, 0) is 6.54 Å². The summed E-state index contributed by atoms with van der Waals surface area (Å²) in [6.07, 6.45) is 3.41. The van der Waals surface area contributed by atoms with Crippen LogP contribution in [0.3, 0.4) is 0 Å². The summed E-state index contributed by atoms with van der Waals surface area (Å²) in [6.45, 7) is 1.17. The molecule has 0 aliphatic rings. The zero-order valence-electron chi connectivity index (χ0n) is 10.8. The summed E-state index contributed by atoms with van der Waals surface area (Å²) in [5.41, 5.74) is 6.59. The lowest BCUT2D eigenvalue weighted by Gasteiger charge is -1.96. The molecule has 0 saturated heterocycles. The van der Waals surface area contributed by atoms with E-state index < -0.39 is 5.82 Å². The van der Waals surface area contributed by atoms with Crippen molar-refractivity contribution in [3.05, 3.63) is 41.6 Å². The van der Waals surface area contributed by atoms with E-state index >= 15 is 0 Å². The van der Waals surface area contributed by atoms with Crippen molar-refractivity contribution in [3.8, 4) is 23.0 Å². The monoisotopic (exact) mass is 307 g/mol. The van der Waals surface area contributed by atoms with Crippen LogP contribution in [0, 0.1) is 5.82 Å². The van der Waals surface area contributed by atoms with Gasteiger partial charge in [-0.3, -0.25) is 0 Å². The lowest BCUT2D eigenvalue weighted by molar-refractivity contribution is 0.431. The smallest absolute Gasteiger partial charge is 0.278 e. The highest BCUT2D eigenvalue weighted by Crippen LogP contribution is 2.24. The first kappa shape index (κ1) is 13.7. The first-order valence-electron chi connectivity index (χ1n) is 6.18. The number of hydrogen-bond donors (Lipinski definition) is 1. The van der Waals surface area contributed by atoms with Crippen LogP contribution in [0.5, 0.6) is 0 Å². The van der Waals surface area contributed by atoms with Gasteiger partial charge in [0.2, 0.25) is 5.82 Å². The van der Waals surface area contributed by atoms with Crippen molar-refractivity contribution in [2.45, 2.75) is 6.54 Å². The maximum atomic E-state index is 13.1. The van der Waals surface area contributed by atoms with Crippen LogP contribution in [-0.4, -0.2) is 26.2 Å². The molecule has 2 heterocycles. The molecule has 0 bridgehead atoms. The molecule has 0 fully saturated rings. The van der Waals surface area contributed by atoms with Gasteiger partial charge in [0, 0.05) is 24.8 Å². The van der Waals surface area contributed by atoms with Crippen LogP contribution in [0.15, 0.2) is 35.2 Å². The van der Waals surface area contributed by atoms with Crippen LogP contribution in [0.25, 0.3) is 23.0 Å². The minimum absolute atomic E-state index is 0.00562. The molecule has 108 valence electrons. The van der Waals surface area contributed by atoms with E-state index in [-0.39, 0.29) is 10.9 Å². The molecule has 3 aromatic rings. The topological polar surface area (TPSA) is 82.8 Å². The van der Waals surface area contributed by atoms with Crippen molar-refractivity contribution in [1.29, 1.82) is 0 Å². The summed E-state index contributed by atoms with van der Waals surface area (Å²) < 4.78 is 20.1. The molecule has 6 nitrogen and oxygen atoms in total. The second-order valence-electron chi connectivity index (χ2n) is 4.34. The normalized spacial score (nSPS) is 11.0. The number of imidazole rings is 1. The lowest BCUT2D eigenvalue weighted by Crippen LogP contribution is -2.07.